The lowest BCUT2D eigenvalue weighted by atomic mass is 9.85. The summed E-state index contributed by atoms with van der Waals surface area (Å²) in [5.41, 5.74) is 2.25. The molecule has 1 saturated carbocycles. The van der Waals surface area contributed by atoms with Crippen LogP contribution >= 0.6 is 0 Å². The monoisotopic (exact) mass is 350 g/mol. The molecule has 3 aromatic rings. The molecule has 5 nitrogen and oxygen atoms in total. The summed E-state index contributed by atoms with van der Waals surface area (Å²) < 4.78 is 5.16. The van der Waals surface area contributed by atoms with Gasteiger partial charge in [-0.1, -0.05) is 29.8 Å². The molecule has 1 aliphatic rings. The largest absolute Gasteiger partial charge is 0.363 e. The van der Waals surface area contributed by atoms with E-state index in [0.29, 0.717) is 6.54 Å². The van der Waals surface area contributed by atoms with Gasteiger partial charge in [-0.25, -0.2) is 4.98 Å². The molecule has 4 rings (SSSR count). The molecule has 1 aromatic carbocycles. The summed E-state index contributed by atoms with van der Waals surface area (Å²) in [7, 11) is 0. The van der Waals surface area contributed by atoms with E-state index in [0.717, 1.165) is 41.9 Å². The second-order valence-corrected chi connectivity index (χ2v) is 7.18. The molecule has 136 valence electrons. The van der Waals surface area contributed by atoms with Crippen molar-refractivity contribution < 1.29 is 4.52 Å². The van der Waals surface area contributed by atoms with E-state index in [2.05, 4.69) is 52.6 Å². The van der Waals surface area contributed by atoms with Gasteiger partial charge in [0.1, 0.15) is 11.6 Å². The highest BCUT2D eigenvalue weighted by Gasteiger charge is 2.22. The molecule has 2 heterocycles. The molecule has 26 heavy (non-hydrogen) atoms. The molecule has 0 radical (unpaired) electrons. The Labute approximate surface area is 154 Å². The quantitative estimate of drug-likeness (QED) is 0.665. The molecular weight excluding hydrogens is 324 g/mol. The van der Waals surface area contributed by atoms with Gasteiger partial charge in [0.15, 0.2) is 5.82 Å². The van der Waals surface area contributed by atoms with Gasteiger partial charge >= 0.3 is 0 Å². The number of hydrogen-bond donors (Lipinski definition) is 1. The average Bonchev–Trinajstić information content (AvgIpc) is 3.04. The summed E-state index contributed by atoms with van der Waals surface area (Å²) in [6.45, 7) is 6.86. The number of anilines is 2. The summed E-state index contributed by atoms with van der Waals surface area (Å²) in [4.78, 5) is 7.45. The summed E-state index contributed by atoms with van der Waals surface area (Å²) in [5, 5.41) is 8.58. The maximum atomic E-state index is 5.16. The molecule has 0 aliphatic heterocycles. The lowest BCUT2D eigenvalue weighted by molar-refractivity contribution is 0.318. The SMILES string of the molecule is CCN(CC1CCC1)c1nc2ccccc2cc1CNc1cc(C)on1. The Morgan fingerprint density at radius 1 is 1.23 bits per heavy atom. The molecule has 0 unspecified atom stereocenters. The Balaban J connectivity index is 1.65. The minimum Gasteiger partial charge on any atom is -0.363 e. The summed E-state index contributed by atoms with van der Waals surface area (Å²) in [6, 6.07) is 12.5. The number of benzene rings is 1. The first kappa shape index (κ1) is 16.9. The molecule has 1 fully saturated rings. The lowest BCUT2D eigenvalue weighted by Crippen LogP contribution is -2.33. The minimum absolute atomic E-state index is 0.681. The van der Waals surface area contributed by atoms with Crippen LogP contribution in [0.15, 0.2) is 40.9 Å². The van der Waals surface area contributed by atoms with E-state index >= 15 is 0 Å². The van der Waals surface area contributed by atoms with Crippen LogP contribution in [0.3, 0.4) is 0 Å². The van der Waals surface area contributed by atoms with E-state index in [1.54, 1.807) is 0 Å². The van der Waals surface area contributed by atoms with Crippen LogP contribution in [0.25, 0.3) is 10.9 Å². The Hall–Kier alpha value is -2.56. The molecular formula is C21H26N4O. The van der Waals surface area contributed by atoms with E-state index in [4.69, 9.17) is 9.51 Å². The fraction of sp³-hybridized carbons (Fsp3) is 0.429. The van der Waals surface area contributed by atoms with E-state index < -0.39 is 0 Å². The van der Waals surface area contributed by atoms with E-state index in [1.165, 1.54) is 30.2 Å². The van der Waals surface area contributed by atoms with Gasteiger partial charge in [0.25, 0.3) is 0 Å². The second kappa shape index (κ2) is 7.36. The van der Waals surface area contributed by atoms with E-state index in [9.17, 15) is 0 Å². The number of aromatic nitrogens is 2. The highest BCUT2D eigenvalue weighted by molar-refractivity contribution is 5.82. The van der Waals surface area contributed by atoms with Crippen molar-refractivity contribution in [2.45, 2.75) is 39.7 Å². The van der Waals surface area contributed by atoms with Gasteiger partial charge in [-0.15, -0.1) is 0 Å². The number of nitrogens with zero attached hydrogens (tertiary/aromatic N) is 3. The first-order chi connectivity index (χ1) is 12.7. The van der Waals surface area contributed by atoms with Gasteiger partial charge < -0.3 is 14.7 Å². The zero-order valence-corrected chi connectivity index (χ0v) is 15.5. The Bertz CT molecular complexity index is 885. The molecule has 0 amide bonds. The van der Waals surface area contributed by atoms with Crippen molar-refractivity contribution in [3.63, 3.8) is 0 Å². The third-order valence-electron chi connectivity index (χ3n) is 5.25. The predicted molar refractivity (Wildman–Crippen MR) is 106 cm³/mol. The topological polar surface area (TPSA) is 54.2 Å². The number of aryl methyl sites for hydroxylation is 1. The minimum atomic E-state index is 0.681. The predicted octanol–water partition coefficient (Wildman–Crippen LogP) is 4.77. The first-order valence-corrected chi connectivity index (χ1v) is 9.53. The van der Waals surface area contributed by atoms with Crippen LogP contribution in [0.1, 0.15) is 37.5 Å². The molecule has 0 saturated heterocycles. The van der Waals surface area contributed by atoms with Gasteiger partial charge in [0, 0.05) is 36.7 Å². The third-order valence-corrected chi connectivity index (χ3v) is 5.25. The standard InChI is InChI=1S/C21H26N4O/c1-3-25(14-16-7-6-8-16)21-18(13-22-20-11-15(2)26-24-20)12-17-9-4-5-10-19(17)23-21/h4-5,9-12,16H,3,6-8,13-14H2,1-2H3,(H,22,24). The van der Waals surface area contributed by atoms with Gasteiger partial charge in [-0.05, 0) is 44.7 Å². The molecule has 5 heteroatoms. The maximum absolute atomic E-state index is 5.16. The van der Waals surface area contributed by atoms with E-state index in [1.807, 2.05) is 13.0 Å². The van der Waals surface area contributed by atoms with Crippen LogP contribution in [0.4, 0.5) is 11.6 Å². The summed E-state index contributed by atoms with van der Waals surface area (Å²) in [6.07, 6.45) is 4.05. The van der Waals surface area contributed by atoms with Crippen molar-refractivity contribution in [2.24, 2.45) is 5.92 Å². The molecule has 0 atom stereocenters. The van der Waals surface area contributed by atoms with Crippen LogP contribution in [0.5, 0.6) is 0 Å². The second-order valence-electron chi connectivity index (χ2n) is 7.18. The normalized spacial score (nSPS) is 14.4. The van der Waals surface area contributed by atoms with Crippen molar-refractivity contribution in [1.82, 2.24) is 10.1 Å². The molecule has 0 spiro atoms. The van der Waals surface area contributed by atoms with Crippen molar-refractivity contribution in [2.75, 3.05) is 23.3 Å². The van der Waals surface area contributed by atoms with E-state index in [-0.39, 0.29) is 0 Å². The Kier molecular flexibility index (Phi) is 4.78. The van der Waals surface area contributed by atoms with Gasteiger partial charge in [0.05, 0.1) is 5.52 Å². The fourth-order valence-corrected chi connectivity index (χ4v) is 3.54. The van der Waals surface area contributed by atoms with Crippen LogP contribution in [-0.2, 0) is 6.54 Å². The molecule has 2 aromatic heterocycles. The van der Waals surface area contributed by atoms with Gasteiger partial charge in [-0.3, -0.25) is 0 Å². The number of rotatable bonds is 7. The average molecular weight is 350 g/mol. The third kappa shape index (κ3) is 3.52. The molecule has 0 bridgehead atoms. The molecule has 1 aliphatic carbocycles. The van der Waals surface area contributed by atoms with Gasteiger partial charge in [0.2, 0.25) is 0 Å². The number of hydrogen-bond acceptors (Lipinski definition) is 5. The smallest absolute Gasteiger partial charge is 0.169 e. The van der Waals surface area contributed by atoms with Crippen LogP contribution < -0.4 is 10.2 Å². The maximum Gasteiger partial charge on any atom is 0.169 e. The van der Waals surface area contributed by atoms with Crippen molar-refractivity contribution >= 4 is 22.5 Å². The summed E-state index contributed by atoms with van der Waals surface area (Å²) >= 11 is 0. The fourth-order valence-electron chi connectivity index (χ4n) is 3.54. The van der Waals surface area contributed by atoms with Crippen LogP contribution in [0.2, 0.25) is 0 Å². The number of pyridine rings is 1. The van der Waals surface area contributed by atoms with Crippen LogP contribution in [-0.4, -0.2) is 23.2 Å². The zero-order valence-electron chi connectivity index (χ0n) is 15.5. The highest BCUT2D eigenvalue weighted by Crippen LogP contribution is 2.31. The Morgan fingerprint density at radius 3 is 2.77 bits per heavy atom. The zero-order chi connectivity index (χ0) is 17.9. The lowest BCUT2D eigenvalue weighted by Gasteiger charge is -2.33. The number of nitrogens with one attached hydrogen (secondary N) is 1. The van der Waals surface area contributed by atoms with Crippen LogP contribution in [0, 0.1) is 12.8 Å². The van der Waals surface area contributed by atoms with Crippen molar-refractivity contribution in [3.05, 3.63) is 47.7 Å². The van der Waals surface area contributed by atoms with Crippen molar-refractivity contribution in [3.8, 4) is 0 Å². The van der Waals surface area contributed by atoms with Gasteiger partial charge in [-0.2, -0.15) is 0 Å². The Morgan fingerprint density at radius 2 is 2.08 bits per heavy atom. The molecule has 1 N–H and O–H groups in total. The number of para-hydroxylation sites is 1. The van der Waals surface area contributed by atoms with Crippen molar-refractivity contribution in [1.29, 1.82) is 0 Å². The highest BCUT2D eigenvalue weighted by atomic mass is 16.5. The first-order valence-electron chi connectivity index (χ1n) is 9.53. The number of fused-ring (bicyclic) bond motifs is 1. The summed E-state index contributed by atoms with van der Waals surface area (Å²) in [5.74, 6) is 3.47.